The van der Waals surface area contributed by atoms with E-state index >= 15 is 0 Å². The Morgan fingerprint density at radius 2 is 1.92 bits per heavy atom. The largest absolute Gasteiger partial charge is 0.497 e. The van der Waals surface area contributed by atoms with Crippen LogP contribution < -0.4 is 10.6 Å². The number of methoxy groups -OCH3 is 1. The number of hydrogen-bond donors (Lipinski definition) is 1. The fourth-order valence-corrected chi connectivity index (χ4v) is 3.00. The van der Waals surface area contributed by atoms with E-state index in [1.165, 1.54) is 16.4 Å². The molecule has 2 aromatic heterocycles. The minimum absolute atomic E-state index is 0.157. The fraction of sp³-hybridized carbons (Fsp3) is 0.353. The number of benzene rings is 1. The second kappa shape index (κ2) is 6.79. The molecule has 3 rings (SSSR count). The third kappa shape index (κ3) is 3.79. The summed E-state index contributed by atoms with van der Waals surface area (Å²) < 4.78 is 12.3. The summed E-state index contributed by atoms with van der Waals surface area (Å²) >= 11 is 1.47. The molecule has 0 aliphatic heterocycles. The zero-order chi connectivity index (χ0) is 18.0. The highest BCUT2D eigenvalue weighted by Crippen LogP contribution is 2.27. The van der Waals surface area contributed by atoms with Gasteiger partial charge in [0.25, 0.3) is 0 Å². The molecule has 0 aliphatic rings. The van der Waals surface area contributed by atoms with Crippen LogP contribution >= 0.6 is 11.8 Å². The van der Waals surface area contributed by atoms with Crippen LogP contribution in [0.15, 0.2) is 40.1 Å². The van der Waals surface area contributed by atoms with Gasteiger partial charge in [0.15, 0.2) is 5.82 Å². The molecular formula is C17H21N5O2S. The Morgan fingerprint density at radius 3 is 2.52 bits per heavy atom. The molecule has 0 saturated heterocycles. The first-order valence-corrected chi connectivity index (χ1v) is 8.79. The van der Waals surface area contributed by atoms with E-state index in [4.69, 9.17) is 15.0 Å². The molecule has 0 atom stereocenters. The van der Waals surface area contributed by atoms with E-state index < -0.39 is 0 Å². The predicted octanol–water partition coefficient (Wildman–Crippen LogP) is 3.25. The Morgan fingerprint density at radius 1 is 1.20 bits per heavy atom. The maximum absolute atomic E-state index is 6.09. The van der Waals surface area contributed by atoms with E-state index in [0.29, 0.717) is 16.8 Å². The third-order valence-corrected chi connectivity index (χ3v) is 4.55. The monoisotopic (exact) mass is 359 g/mol. The normalized spacial score (nSPS) is 11.7. The molecule has 132 valence electrons. The quantitative estimate of drug-likeness (QED) is 0.552. The lowest BCUT2D eigenvalue weighted by atomic mass is 9.96. The molecule has 0 saturated carbocycles. The minimum Gasteiger partial charge on any atom is -0.497 e. The highest BCUT2D eigenvalue weighted by atomic mass is 32.2. The van der Waals surface area contributed by atoms with Crippen LogP contribution in [0.2, 0.25) is 0 Å². The first-order valence-electron chi connectivity index (χ1n) is 7.81. The number of thioether (sulfide) groups is 1. The van der Waals surface area contributed by atoms with Gasteiger partial charge in [-0.05, 0) is 24.3 Å². The summed E-state index contributed by atoms with van der Waals surface area (Å²) in [4.78, 5) is 4.51. The van der Waals surface area contributed by atoms with Gasteiger partial charge in [0, 0.05) is 16.7 Å². The Balaban J connectivity index is 1.69. The standard InChI is InChI=1S/C17H21N5O2S/c1-17(2,3)15-20-21-16(22(15)18)25-10-12-9-24-14(19-12)11-5-7-13(23-4)8-6-11/h5-9H,10,18H2,1-4H3. The van der Waals surface area contributed by atoms with Gasteiger partial charge in [-0.25, -0.2) is 9.66 Å². The lowest BCUT2D eigenvalue weighted by molar-refractivity contribution is 0.415. The van der Waals surface area contributed by atoms with Gasteiger partial charge >= 0.3 is 0 Å². The van der Waals surface area contributed by atoms with Crippen LogP contribution in [-0.2, 0) is 11.2 Å². The van der Waals surface area contributed by atoms with Gasteiger partial charge in [-0.1, -0.05) is 32.5 Å². The van der Waals surface area contributed by atoms with Crippen molar-refractivity contribution in [2.75, 3.05) is 13.0 Å². The Bertz CT molecular complexity index is 849. The van der Waals surface area contributed by atoms with Gasteiger partial charge in [-0.15, -0.1) is 10.2 Å². The van der Waals surface area contributed by atoms with E-state index in [1.54, 1.807) is 13.4 Å². The second-order valence-corrected chi connectivity index (χ2v) is 7.53. The molecule has 8 heteroatoms. The molecule has 0 unspecified atom stereocenters. The number of rotatable bonds is 5. The van der Waals surface area contributed by atoms with Crippen molar-refractivity contribution >= 4 is 11.8 Å². The lowest BCUT2D eigenvalue weighted by Gasteiger charge is -2.16. The number of nitrogen functional groups attached to an aromatic ring is 1. The van der Waals surface area contributed by atoms with Crippen LogP contribution in [0.25, 0.3) is 11.5 Å². The van der Waals surface area contributed by atoms with E-state index in [9.17, 15) is 0 Å². The van der Waals surface area contributed by atoms with Gasteiger partial charge in [-0.3, -0.25) is 0 Å². The Kier molecular flexibility index (Phi) is 4.71. The third-order valence-electron chi connectivity index (χ3n) is 3.57. The molecule has 7 nitrogen and oxygen atoms in total. The fourth-order valence-electron chi connectivity index (χ4n) is 2.26. The molecular weight excluding hydrogens is 338 g/mol. The number of ether oxygens (including phenoxy) is 1. The van der Waals surface area contributed by atoms with Crippen LogP contribution in [0, 0.1) is 0 Å². The van der Waals surface area contributed by atoms with Gasteiger partial charge in [-0.2, -0.15) is 0 Å². The SMILES string of the molecule is COc1ccc(-c2nc(CSc3nnc(C(C)(C)C)n3N)co2)cc1. The topological polar surface area (TPSA) is 92.0 Å². The van der Waals surface area contributed by atoms with Crippen molar-refractivity contribution in [3.05, 3.63) is 42.0 Å². The molecule has 0 aliphatic carbocycles. The second-order valence-electron chi connectivity index (χ2n) is 6.59. The summed E-state index contributed by atoms with van der Waals surface area (Å²) in [6.07, 6.45) is 1.65. The molecule has 0 fully saturated rings. The van der Waals surface area contributed by atoms with Crippen molar-refractivity contribution in [3.63, 3.8) is 0 Å². The van der Waals surface area contributed by atoms with E-state index in [2.05, 4.69) is 15.2 Å². The zero-order valence-electron chi connectivity index (χ0n) is 14.7. The molecule has 0 bridgehead atoms. The summed E-state index contributed by atoms with van der Waals surface area (Å²) in [6.45, 7) is 6.15. The van der Waals surface area contributed by atoms with E-state index in [-0.39, 0.29) is 5.41 Å². The summed E-state index contributed by atoms with van der Waals surface area (Å²) in [6, 6.07) is 7.57. The maximum Gasteiger partial charge on any atom is 0.226 e. The molecule has 0 amide bonds. The summed E-state index contributed by atoms with van der Waals surface area (Å²) in [5.74, 6) is 8.80. The van der Waals surface area contributed by atoms with Crippen molar-refractivity contribution in [2.24, 2.45) is 0 Å². The van der Waals surface area contributed by atoms with Crippen LogP contribution in [0.5, 0.6) is 5.75 Å². The van der Waals surface area contributed by atoms with E-state index in [1.807, 2.05) is 45.0 Å². The predicted molar refractivity (Wildman–Crippen MR) is 96.9 cm³/mol. The first kappa shape index (κ1) is 17.3. The zero-order valence-corrected chi connectivity index (χ0v) is 15.5. The van der Waals surface area contributed by atoms with Crippen LogP contribution in [0.4, 0.5) is 0 Å². The first-order chi connectivity index (χ1) is 11.9. The van der Waals surface area contributed by atoms with Crippen LogP contribution in [0.3, 0.4) is 0 Å². The smallest absolute Gasteiger partial charge is 0.226 e. The maximum atomic E-state index is 6.09. The summed E-state index contributed by atoms with van der Waals surface area (Å²) in [5, 5.41) is 8.99. The van der Waals surface area contributed by atoms with Crippen molar-refractivity contribution in [3.8, 4) is 17.2 Å². The minimum atomic E-state index is -0.157. The van der Waals surface area contributed by atoms with Crippen molar-refractivity contribution in [1.29, 1.82) is 0 Å². The van der Waals surface area contributed by atoms with Gasteiger partial charge < -0.3 is 15.0 Å². The number of nitrogens with zero attached hydrogens (tertiary/aromatic N) is 4. The average molecular weight is 359 g/mol. The molecule has 3 aromatic rings. The molecule has 0 radical (unpaired) electrons. The Hall–Kier alpha value is -2.48. The van der Waals surface area contributed by atoms with Crippen molar-refractivity contribution in [2.45, 2.75) is 37.1 Å². The molecule has 2 N–H and O–H groups in total. The highest BCUT2D eigenvalue weighted by Gasteiger charge is 2.23. The van der Waals surface area contributed by atoms with Crippen molar-refractivity contribution in [1.82, 2.24) is 19.9 Å². The van der Waals surface area contributed by atoms with Crippen molar-refractivity contribution < 1.29 is 9.15 Å². The number of oxazole rings is 1. The van der Waals surface area contributed by atoms with Gasteiger partial charge in [0.1, 0.15) is 12.0 Å². The highest BCUT2D eigenvalue weighted by molar-refractivity contribution is 7.98. The number of nitrogens with two attached hydrogens (primary N) is 1. The van der Waals surface area contributed by atoms with Crippen LogP contribution in [-0.4, -0.2) is 27.0 Å². The van der Waals surface area contributed by atoms with E-state index in [0.717, 1.165) is 22.8 Å². The number of aromatic nitrogens is 4. The Labute approximate surface area is 150 Å². The molecule has 0 spiro atoms. The summed E-state index contributed by atoms with van der Waals surface area (Å²) in [5.41, 5.74) is 1.56. The summed E-state index contributed by atoms with van der Waals surface area (Å²) in [7, 11) is 1.64. The van der Waals surface area contributed by atoms with Crippen LogP contribution in [0.1, 0.15) is 32.3 Å². The molecule has 1 aromatic carbocycles. The van der Waals surface area contributed by atoms with Gasteiger partial charge in [0.2, 0.25) is 11.0 Å². The van der Waals surface area contributed by atoms with Gasteiger partial charge in [0.05, 0.1) is 12.8 Å². The molecule has 2 heterocycles. The molecule has 25 heavy (non-hydrogen) atoms. The number of hydrogen-bond acceptors (Lipinski definition) is 7. The average Bonchev–Trinajstić information content (AvgIpc) is 3.19. The lowest BCUT2D eigenvalue weighted by Crippen LogP contribution is -2.24.